The number of hydrogen-bond donors (Lipinski definition) is 1. The number of carbonyl (C=O) groups excluding carboxylic acids is 1. The van der Waals surface area contributed by atoms with Gasteiger partial charge >= 0.3 is 0 Å². The van der Waals surface area contributed by atoms with E-state index in [1.54, 1.807) is 6.20 Å². The van der Waals surface area contributed by atoms with Crippen LogP contribution in [0.3, 0.4) is 0 Å². The van der Waals surface area contributed by atoms with E-state index in [-0.39, 0.29) is 5.91 Å². The van der Waals surface area contributed by atoms with E-state index >= 15 is 0 Å². The number of amides is 1. The zero-order valence-electron chi connectivity index (χ0n) is 20.1. The normalized spacial score (nSPS) is 11.1. The number of halogens is 1. The lowest BCUT2D eigenvalue weighted by Crippen LogP contribution is -2.26. The molecule has 0 aliphatic carbocycles. The average Bonchev–Trinajstić information content (AvgIpc) is 3.26. The molecule has 5 rings (SSSR count). The van der Waals surface area contributed by atoms with Gasteiger partial charge in [0.2, 0.25) is 5.91 Å². The zero-order valence-corrected chi connectivity index (χ0v) is 20.9. The number of nitrogens with one attached hydrogen (secondary N) is 1. The smallest absolute Gasteiger partial charge is 0.220 e. The van der Waals surface area contributed by atoms with Gasteiger partial charge in [0, 0.05) is 48.1 Å². The van der Waals surface area contributed by atoms with E-state index in [0.29, 0.717) is 25.8 Å². The standard InChI is InChI=1S/C30H27ClN4O/c1-21-19-24(31)11-12-26(21)23-10-14-28-34-30(22-7-3-2-4-8-22)27(35(28)20-23)13-15-29(36)33-18-16-25-9-5-6-17-32-25/h2-12,14,17,19-20H,13,15-16,18H2,1H3,(H,33,36). The van der Waals surface area contributed by atoms with Crippen molar-refractivity contribution in [3.8, 4) is 22.4 Å². The van der Waals surface area contributed by atoms with Crippen molar-refractivity contribution in [3.63, 3.8) is 0 Å². The number of aryl methyl sites for hydroxylation is 2. The molecule has 0 saturated heterocycles. The molecule has 1 N–H and O–H groups in total. The van der Waals surface area contributed by atoms with Crippen LogP contribution in [0.1, 0.15) is 23.4 Å². The second kappa shape index (κ2) is 10.8. The lowest BCUT2D eigenvalue weighted by atomic mass is 10.0. The molecule has 5 aromatic rings. The Kier molecular flexibility index (Phi) is 7.10. The Morgan fingerprint density at radius 3 is 2.56 bits per heavy atom. The minimum atomic E-state index is 0.0181. The third-order valence-corrected chi connectivity index (χ3v) is 6.52. The molecule has 3 aromatic heterocycles. The number of benzene rings is 2. The molecule has 3 heterocycles. The number of carbonyl (C=O) groups is 1. The fourth-order valence-corrected chi connectivity index (χ4v) is 4.69. The van der Waals surface area contributed by atoms with Gasteiger partial charge in [-0.25, -0.2) is 4.98 Å². The van der Waals surface area contributed by atoms with Crippen LogP contribution in [0.25, 0.3) is 28.0 Å². The Morgan fingerprint density at radius 2 is 1.78 bits per heavy atom. The Morgan fingerprint density at radius 1 is 0.944 bits per heavy atom. The van der Waals surface area contributed by atoms with Gasteiger partial charge < -0.3 is 9.72 Å². The van der Waals surface area contributed by atoms with Crippen molar-refractivity contribution >= 4 is 23.2 Å². The molecule has 0 radical (unpaired) electrons. The lowest BCUT2D eigenvalue weighted by Gasteiger charge is -2.10. The molecular weight excluding hydrogens is 468 g/mol. The number of nitrogens with zero attached hydrogens (tertiary/aromatic N) is 3. The van der Waals surface area contributed by atoms with Gasteiger partial charge in [-0.05, 0) is 66.4 Å². The van der Waals surface area contributed by atoms with Crippen LogP contribution in [-0.2, 0) is 17.6 Å². The number of imidazole rings is 1. The van der Waals surface area contributed by atoms with Crippen molar-refractivity contribution < 1.29 is 4.79 Å². The van der Waals surface area contributed by atoms with E-state index < -0.39 is 0 Å². The molecule has 1 amide bonds. The van der Waals surface area contributed by atoms with E-state index in [0.717, 1.165) is 50.0 Å². The first kappa shape index (κ1) is 23.8. The van der Waals surface area contributed by atoms with Crippen molar-refractivity contribution in [2.24, 2.45) is 0 Å². The van der Waals surface area contributed by atoms with Crippen LogP contribution in [0.15, 0.2) is 91.3 Å². The Balaban J connectivity index is 1.41. The van der Waals surface area contributed by atoms with Gasteiger partial charge in [-0.1, -0.05) is 54.1 Å². The molecule has 5 nitrogen and oxygen atoms in total. The summed E-state index contributed by atoms with van der Waals surface area (Å²) in [5.74, 6) is 0.0181. The quantitative estimate of drug-likeness (QED) is 0.275. The molecule has 0 aliphatic heterocycles. The van der Waals surface area contributed by atoms with E-state index in [4.69, 9.17) is 16.6 Å². The Labute approximate surface area is 215 Å². The summed E-state index contributed by atoms with van der Waals surface area (Å²) in [6.07, 6.45) is 5.54. The van der Waals surface area contributed by atoms with Crippen LogP contribution < -0.4 is 5.32 Å². The molecule has 6 heteroatoms. The largest absolute Gasteiger partial charge is 0.356 e. The van der Waals surface area contributed by atoms with Crippen LogP contribution in [0.2, 0.25) is 5.02 Å². The molecule has 0 spiro atoms. The zero-order chi connectivity index (χ0) is 24.9. The summed E-state index contributed by atoms with van der Waals surface area (Å²) in [6, 6.07) is 26.0. The number of fused-ring (bicyclic) bond motifs is 1. The Hall–Kier alpha value is -3.96. The lowest BCUT2D eigenvalue weighted by molar-refractivity contribution is -0.121. The van der Waals surface area contributed by atoms with Crippen molar-refractivity contribution in [2.75, 3.05) is 6.54 Å². The number of aromatic nitrogens is 3. The van der Waals surface area contributed by atoms with Gasteiger partial charge in [-0.15, -0.1) is 0 Å². The summed E-state index contributed by atoms with van der Waals surface area (Å²) < 4.78 is 2.12. The van der Waals surface area contributed by atoms with E-state index in [1.807, 2.05) is 60.7 Å². The van der Waals surface area contributed by atoms with E-state index in [2.05, 4.69) is 46.0 Å². The van der Waals surface area contributed by atoms with Gasteiger partial charge in [0.05, 0.1) is 11.4 Å². The first-order chi connectivity index (χ1) is 17.6. The number of pyridine rings is 2. The molecule has 0 atom stereocenters. The average molecular weight is 495 g/mol. The highest BCUT2D eigenvalue weighted by molar-refractivity contribution is 6.30. The summed E-state index contributed by atoms with van der Waals surface area (Å²) in [4.78, 5) is 22.0. The minimum Gasteiger partial charge on any atom is -0.356 e. The fourth-order valence-electron chi connectivity index (χ4n) is 4.47. The monoisotopic (exact) mass is 494 g/mol. The van der Waals surface area contributed by atoms with E-state index in [9.17, 15) is 4.79 Å². The highest BCUT2D eigenvalue weighted by Gasteiger charge is 2.16. The van der Waals surface area contributed by atoms with Crippen molar-refractivity contribution in [1.29, 1.82) is 0 Å². The van der Waals surface area contributed by atoms with Crippen LogP contribution in [0.5, 0.6) is 0 Å². The molecule has 2 aromatic carbocycles. The third kappa shape index (κ3) is 5.31. The molecule has 0 fully saturated rings. The third-order valence-electron chi connectivity index (χ3n) is 6.28. The Bertz CT molecular complexity index is 1500. The number of hydrogen-bond acceptors (Lipinski definition) is 3. The van der Waals surface area contributed by atoms with Crippen molar-refractivity contribution in [3.05, 3.63) is 113 Å². The van der Waals surface area contributed by atoms with E-state index in [1.165, 1.54) is 0 Å². The van der Waals surface area contributed by atoms with Gasteiger partial charge in [0.1, 0.15) is 5.65 Å². The van der Waals surface area contributed by atoms with Gasteiger partial charge in [-0.2, -0.15) is 0 Å². The highest BCUT2D eigenvalue weighted by atomic mass is 35.5. The SMILES string of the molecule is Cc1cc(Cl)ccc1-c1ccc2nc(-c3ccccc3)c(CCC(=O)NCCc3ccccn3)n2c1. The van der Waals surface area contributed by atoms with Crippen molar-refractivity contribution in [1.82, 2.24) is 19.7 Å². The van der Waals surface area contributed by atoms with Gasteiger partial charge in [0.25, 0.3) is 0 Å². The molecule has 0 unspecified atom stereocenters. The molecule has 36 heavy (non-hydrogen) atoms. The molecule has 0 aliphatic rings. The maximum absolute atomic E-state index is 12.7. The molecule has 0 bridgehead atoms. The molecular formula is C30H27ClN4O. The topological polar surface area (TPSA) is 59.3 Å². The van der Waals surface area contributed by atoms with Crippen LogP contribution >= 0.6 is 11.6 Å². The second-order valence-corrected chi connectivity index (χ2v) is 9.24. The number of rotatable bonds is 8. The summed E-state index contributed by atoms with van der Waals surface area (Å²) in [5, 5.41) is 3.75. The highest BCUT2D eigenvalue weighted by Crippen LogP contribution is 2.30. The minimum absolute atomic E-state index is 0.0181. The summed E-state index contributed by atoms with van der Waals surface area (Å²) >= 11 is 6.18. The maximum atomic E-state index is 12.7. The van der Waals surface area contributed by atoms with Crippen LogP contribution in [-0.4, -0.2) is 26.8 Å². The molecule has 0 saturated carbocycles. The molecule has 180 valence electrons. The summed E-state index contributed by atoms with van der Waals surface area (Å²) in [6.45, 7) is 2.62. The predicted molar refractivity (Wildman–Crippen MR) is 145 cm³/mol. The van der Waals surface area contributed by atoms with Crippen LogP contribution in [0.4, 0.5) is 0 Å². The maximum Gasteiger partial charge on any atom is 0.220 e. The first-order valence-corrected chi connectivity index (χ1v) is 12.5. The predicted octanol–water partition coefficient (Wildman–Crippen LogP) is 6.32. The van der Waals surface area contributed by atoms with Gasteiger partial charge in [0.15, 0.2) is 0 Å². The fraction of sp³-hybridized carbons (Fsp3) is 0.167. The summed E-state index contributed by atoms with van der Waals surface area (Å²) in [5.41, 5.74) is 8.09. The first-order valence-electron chi connectivity index (χ1n) is 12.1. The summed E-state index contributed by atoms with van der Waals surface area (Å²) in [7, 11) is 0. The van der Waals surface area contributed by atoms with Crippen LogP contribution in [0, 0.1) is 6.92 Å². The van der Waals surface area contributed by atoms with Crippen molar-refractivity contribution in [2.45, 2.75) is 26.2 Å². The second-order valence-electron chi connectivity index (χ2n) is 8.80. The van der Waals surface area contributed by atoms with Gasteiger partial charge in [-0.3, -0.25) is 9.78 Å².